The molecule has 0 bridgehead atoms. The minimum Gasteiger partial charge on any atom is -0.340 e. The van der Waals surface area contributed by atoms with Crippen molar-refractivity contribution in [2.75, 3.05) is 32.7 Å². The topological polar surface area (TPSA) is 49.6 Å². The van der Waals surface area contributed by atoms with E-state index in [9.17, 15) is 4.79 Å². The Bertz CT molecular complexity index is 448. The van der Waals surface area contributed by atoms with Crippen LogP contribution in [0.4, 0.5) is 0 Å². The zero-order valence-electron chi connectivity index (χ0n) is 13.2. The molecule has 1 aliphatic heterocycles. The van der Waals surface area contributed by atoms with Gasteiger partial charge in [-0.1, -0.05) is 38.1 Å². The van der Waals surface area contributed by atoms with Gasteiger partial charge in [0.25, 0.3) is 0 Å². The lowest BCUT2D eigenvalue weighted by Crippen LogP contribution is -2.49. The first-order chi connectivity index (χ1) is 10.1. The molecule has 2 N–H and O–H groups in total. The average molecular weight is 289 g/mol. The highest BCUT2D eigenvalue weighted by molar-refractivity contribution is 5.78. The third kappa shape index (κ3) is 4.83. The Morgan fingerprint density at radius 1 is 1.10 bits per heavy atom. The SMILES string of the molecule is CC(C)CN1CCN(C(=O)Cc2ccc(CN)cc2)CC1. The maximum atomic E-state index is 12.3. The van der Waals surface area contributed by atoms with Gasteiger partial charge in [-0.3, -0.25) is 9.69 Å². The second-order valence-electron chi connectivity index (χ2n) is 6.27. The van der Waals surface area contributed by atoms with Crippen LogP contribution in [0.5, 0.6) is 0 Å². The predicted molar refractivity (Wildman–Crippen MR) is 85.9 cm³/mol. The van der Waals surface area contributed by atoms with Crippen molar-refractivity contribution in [1.29, 1.82) is 0 Å². The second-order valence-corrected chi connectivity index (χ2v) is 6.27. The maximum Gasteiger partial charge on any atom is 0.227 e. The molecule has 0 aromatic heterocycles. The van der Waals surface area contributed by atoms with E-state index in [0.29, 0.717) is 18.9 Å². The molecule has 4 nitrogen and oxygen atoms in total. The summed E-state index contributed by atoms with van der Waals surface area (Å²) in [7, 11) is 0. The second kappa shape index (κ2) is 7.57. The van der Waals surface area contributed by atoms with Gasteiger partial charge >= 0.3 is 0 Å². The van der Waals surface area contributed by atoms with Crippen LogP contribution in [0.3, 0.4) is 0 Å². The molecule has 2 rings (SSSR count). The summed E-state index contributed by atoms with van der Waals surface area (Å²) < 4.78 is 0. The van der Waals surface area contributed by atoms with Gasteiger partial charge in [-0.05, 0) is 17.0 Å². The predicted octanol–water partition coefficient (Wildman–Crippen LogP) is 1.49. The first-order valence-corrected chi connectivity index (χ1v) is 7.86. The molecule has 0 saturated carbocycles. The largest absolute Gasteiger partial charge is 0.340 e. The van der Waals surface area contributed by atoms with Crippen molar-refractivity contribution in [2.45, 2.75) is 26.8 Å². The molecule has 1 fully saturated rings. The maximum absolute atomic E-state index is 12.3. The summed E-state index contributed by atoms with van der Waals surface area (Å²) in [5.41, 5.74) is 7.76. The molecule has 0 aliphatic carbocycles. The number of carbonyl (C=O) groups is 1. The van der Waals surface area contributed by atoms with Crippen LogP contribution >= 0.6 is 0 Å². The van der Waals surface area contributed by atoms with Crippen molar-refractivity contribution in [1.82, 2.24) is 9.80 Å². The van der Waals surface area contributed by atoms with E-state index in [2.05, 4.69) is 18.7 Å². The van der Waals surface area contributed by atoms with E-state index in [1.165, 1.54) is 0 Å². The van der Waals surface area contributed by atoms with Crippen LogP contribution in [-0.2, 0) is 17.8 Å². The number of rotatable bonds is 5. The van der Waals surface area contributed by atoms with E-state index < -0.39 is 0 Å². The highest BCUT2D eigenvalue weighted by Gasteiger charge is 2.21. The summed E-state index contributed by atoms with van der Waals surface area (Å²) in [6, 6.07) is 8.02. The van der Waals surface area contributed by atoms with Crippen molar-refractivity contribution in [2.24, 2.45) is 11.7 Å². The summed E-state index contributed by atoms with van der Waals surface area (Å²) in [5.74, 6) is 0.924. The lowest BCUT2D eigenvalue weighted by molar-refractivity contribution is -0.132. The zero-order valence-corrected chi connectivity index (χ0v) is 13.2. The average Bonchev–Trinajstić information content (AvgIpc) is 2.48. The molecule has 1 heterocycles. The van der Waals surface area contributed by atoms with E-state index in [-0.39, 0.29) is 5.91 Å². The first-order valence-electron chi connectivity index (χ1n) is 7.86. The van der Waals surface area contributed by atoms with Gasteiger partial charge in [0.2, 0.25) is 5.91 Å². The Hall–Kier alpha value is -1.39. The summed E-state index contributed by atoms with van der Waals surface area (Å²) in [4.78, 5) is 16.8. The van der Waals surface area contributed by atoms with Gasteiger partial charge in [0, 0.05) is 39.3 Å². The number of hydrogen-bond donors (Lipinski definition) is 1. The van der Waals surface area contributed by atoms with Crippen LogP contribution in [0.15, 0.2) is 24.3 Å². The Labute approximate surface area is 127 Å². The van der Waals surface area contributed by atoms with Crippen LogP contribution in [0.2, 0.25) is 0 Å². The normalized spacial score (nSPS) is 16.5. The molecule has 116 valence electrons. The number of piperazine rings is 1. The molecule has 4 heteroatoms. The Morgan fingerprint density at radius 2 is 1.67 bits per heavy atom. The molecule has 1 saturated heterocycles. The Morgan fingerprint density at radius 3 is 2.19 bits per heavy atom. The molecule has 0 radical (unpaired) electrons. The van der Waals surface area contributed by atoms with E-state index in [1.807, 2.05) is 29.2 Å². The molecule has 0 unspecified atom stereocenters. The van der Waals surface area contributed by atoms with Crippen LogP contribution in [0.1, 0.15) is 25.0 Å². The number of benzene rings is 1. The number of nitrogens with two attached hydrogens (primary N) is 1. The third-order valence-corrected chi connectivity index (χ3v) is 3.96. The third-order valence-electron chi connectivity index (χ3n) is 3.96. The van der Waals surface area contributed by atoms with E-state index >= 15 is 0 Å². The van der Waals surface area contributed by atoms with Gasteiger partial charge in [-0.25, -0.2) is 0 Å². The van der Waals surface area contributed by atoms with Gasteiger partial charge in [0.15, 0.2) is 0 Å². The van der Waals surface area contributed by atoms with E-state index in [1.54, 1.807) is 0 Å². The Kier molecular flexibility index (Phi) is 5.76. The minimum absolute atomic E-state index is 0.236. The lowest BCUT2D eigenvalue weighted by Gasteiger charge is -2.35. The zero-order chi connectivity index (χ0) is 15.2. The summed E-state index contributed by atoms with van der Waals surface area (Å²) in [6.07, 6.45) is 0.495. The number of nitrogens with zero attached hydrogens (tertiary/aromatic N) is 2. The smallest absolute Gasteiger partial charge is 0.227 e. The summed E-state index contributed by atoms with van der Waals surface area (Å²) in [6.45, 7) is 9.85. The summed E-state index contributed by atoms with van der Waals surface area (Å²) >= 11 is 0. The van der Waals surface area contributed by atoms with Crippen LogP contribution in [-0.4, -0.2) is 48.4 Å². The van der Waals surface area contributed by atoms with E-state index in [0.717, 1.165) is 43.9 Å². The summed E-state index contributed by atoms with van der Waals surface area (Å²) in [5, 5.41) is 0. The van der Waals surface area contributed by atoms with Crippen molar-refractivity contribution in [3.05, 3.63) is 35.4 Å². The van der Waals surface area contributed by atoms with Crippen molar-refractivity contribution in [3.63, 3.8) is 0 Å². The molecule has 0 atom stereocenters. The van der Waals surface area contributed by atoms with Gasteiger partial charge in [0.1, 0.15) is 0 Å². The van der Waals surface area contributed by atoms with Crippen molar-refractivity contribution < 1.29 is 4.79 Å². The van der Waals surface area contributed by atoms with Gasteiger partial charge in [-0.15, -0.1) is 0 Å². The standard InChI is InChI=1S/C17H27N3O/c1-14(2)13-19-7-9-20(10-8-19)17(21)11-15-3-5-16(12-18)6-4-15/h3-6,14H,7-13,18H2,1-2H3. The highest BCUT2D eigenvalue weighted by atomic mass is 16.2. The molecule has 1 aromatic carbocycles. The van der Waals surface area contributed by atoms with Gasteiger partial charge < -0.3 is 10.6 Å². The first kappa shape index (κ1) is 16.0. The number of amides is 1. The van der Waals surface area contributed by atoms with Crippen LogP contribution < -0.4 is 5.73 Å². The molecular weight excluding hydrogens is 262 g/mol. The molecule has 1 amide bonds. The monoisotopic (exact) mass is 289 g/mol. The highest BCUT2D eigenvalue weighted by Crippen LogP contribution is 2.09. The minimum atomic E-state index is 0.236. The fraction of sp³-hybridized carbons (Fsp3) is 0.588. The van der Waals surface area contributed by atoms with Gasteiger partial charge in [0.05, 0.1) is 6.42 Å². The lowest BCUT2D eigenvalue weighted by atomic mass is 10.1. The number of carbonyl (C=O) groups excluding carboxylic acids is 1. The fourth-order valence-electron chi connectivity index (χ4n) is 2.78. The molecule has 0 spiro atoms. The quantitative estimate of drug-likeness (QED) is 0.893. The van der Waals surface area contributed by atoms with Crippen LogP contribution in [0, 0.1) is 5.92 Å². The Balaban J connectivity index is 1.81. The van der Waals surface area contributed by atoms with Gasteiger partial charge in [-0.2, -0.15) is 0 Å². The molecule has 1 aromatic rings. The molecule has 21 heavy (non-hydrogen) atoms. The fourth-order valence-corrected chi connectivity index (χ4v) is 2.78. The van der Waals surface area contributed by atoms with E-state index in [4.69, 9.17) is 5.73 Å². The molecule has 1 aliphatic rings. The molecular formula is C17H27N3O. The van der Waals surface area contributed by atoms with Crippen molar-refractivity contribution in [3.8, 4) is 0 Å². The van der Waals surface area contributed by atoms with Crippen molar-refractivity contribution >= 4 is 5.91 Å². The number of hydrogen-bond acceptors (Lipinski definition) is 3. The van der Waals surface area contributed by atoms with Crippen LogP contribution in [0.25, 0.3) is 0 Å².